The zero-order valence-corrected chi connectivity index (χ0v) is 15.0. The number of carbonyl (C=O) groups is 2. The maximum Gasteiger partial charge on any atom is 0.409 e. The monoisotopic (exact) mass is 354 g/mol. The largest absolute Gasteiger partial charge is 0.450 e. The van der Waals surface area contributed by atoms with Gasteiger partial charge in [-0.25, -0.2) is 14.8 Å². The summed E-state index contributed by atoms with van der Waals surface area (Å²) in [4.78, 5) is 36.7. The number of rotatable bonds is 3. The molecule has 1 saturated heterocycles. The summed E-state index contributed by atoms with van der Waals surface area (Å²) in [7, 11) is 0. The van der Waals surface area contributed by atoms with Gasteiger partial charge in [0, 0.05) is 37.9 Å². The molecule has 1 aromatic heterocycles. The lowest BCUT2D eigenvalue weighted by Crippen LogP contribution is -2.50. The second-order valence-electron chi connectivity index (χ2n) is 6.04. The van der Waals surface area contributed by atoms with Crippen molar-refractivity contribution in [1.29, 1.82) is 0 Å². The molecule has 1 aliphatic heterocycles. The zero-order chi connectivity index (χ0) is 18.5. The van der Waals surface area contributed by atoms with Crippen LogP contribution in [0.5, 0.6) is 0 Å². The summed E-state index contributed by atoms with van der Waals surface area (Å²) in [5.74, 6) is 0.498. The Bertz CT molecular complexity index is 787. The Morgan fingerprint density at radius 1 is 1.08 bits per heavy atom. The number of benzene rings is 1. The van der Waals surface area contributed by atoms with E-state index in [-0.39, 0.29) is 12.0 Å². The van der Waals surface area contributed by atoms with Crippen LogP contribution in [-0.2, 0) is 4.74 Å². The number of hydrogen-bond donors (Lipinski definition) is 0. The molecule has 0 atom stereocenters. The van der Waals surface area contributed by atoms with E-state index in [1.54, 1.807) is 22.9 Å². The van der Waals surface area contributed by atoms with Crippen molar-refractivity contribution in [2.75, 3.05) is 32.8 Å². The van der Waals surface area contributed by atoms with E-state index in [1.807, 2.05) is 37.3 Å². The summed E-state index contributed by atoms with van der Waals surface area (Å²) < 4.78 is 5.00. The Morgan fingerprint density at radius 2 is 1.73 bits per heavy atom. The lowest BCUT2D eigenvalue weighted by Gasteiger charge is -2.34. The number of ether oxygens (including phenoxy) is 1. The molecule has 0 saturated carbocycles. The Kier molecular flexibility index (Phi) is 5.46. The molecule has 2 aromatic rings. The van der Waals surface area contributed by atoms with Crippen molar-refractivity contribution >= 4 is 12.0 Å². The van der Waals surface area contributed by atoms with Crippen molar-refractivity contribution in [3.63, 3.8) is 0 Å². The molecular formula is C19H22N4O3. The minimum atomic E-state index is -0.327. The lowest BCUT2D eigenvalue weighted by atomic mass is 10.1. The average molecular weight is 354 g/mol. The molecule has 0 unspecified atom stereocenters. The standard InChI is InChI=1S/C19H22N4O3/c1-3-26-19(25)23-11-9-22(10-12-23)18(24)16-13-20-17(21-14(16)2)15-7-5-4-6-8-15/h4-8,13H,3,9-12H2,1-2H3. The van der Waals surface area contributed by atoms with Gasteiger partial charge in [0.25, 0.3) is 5.91 Å². The molecule has 3 rings (SSSR count). The fourth-order valence-electron chi connectivity index (χ4n) is 2.88. The molecule has 7 heteroatoms. The normalized spacial score (nSPS) is 14.2. The lowest BCUT2D eigenvalue weighted by molar-refractivity contribution is 0.0569. The van der Waals surface area contributed by atoms with Crippen molar-refractivity contribution in [3.8, 4) is 11.4 Å². The summed E-state index contributed by atoms with van der Waals surface area (Å²) in [6, 6.07) is 9.66. The highest BCUT2D eigenvalue weighted by atomic mass is 16.6. The second-order valence-corrected chi connectivity index (χ2v) is 6.04. The molecular weight excluding hydrogens is 332 g/mol. The number of carbonyl (C=O) groups excluding carboxylic acids is 2. The van der Waals surface area contributed by atoms with Gasteiger partial charge in [-0.05, 0) is 13.8 Å². The molecule has 0 aliphatic carbocycles. The third kappa shape index (κ3) is 3.82. The van der Waals surface area contributed by atoms with Crippen LogP contribution in [0.25, 0.3) is 11.4 Å². The maximum atomic E-state index is 12.8. The number of nitrogens with zero attached hydrogens (tertiary/aromatic N) is 4. The van der Waals surface area contributed by atoms with E-state index in [9.17, 15) is 9.59 Å². The first-order valence-corrected chi connectivity index (χ1v) is 8.70. The molecule has 0 spiro atoms. The SMILES string of the molecule is CCOC(=O)N1CCN(C(=O)c2cnc(-c3ccccc3)nc2C)CC1. The fraction of sp³-hybridized carbons (Fsp3) is 0.368. The minimum Gasteiger partial charge on any atom is -0.450 e. The van der Waals surface area contributed by atoms with Crippen LogP contribution in [0.3, 0.4) is 0 Å². The predicted octanol–water partition coefficient (Wildman–Crippen LogP) is 2.37. The zero-order valence-electron chi connectivity index (χ0n) is 15.0. The fourth-order valence-corrected chi connectivity index (χ4v) is 2.88. The van der Waals surface area contributed by atoms with Crippen molar-refractivity contribution in [3.05, 3.63) is 47.8 Å². The first-order chi connectivity index (χ1) is 12.6. The van der Waals surface area contributed by atoms with Gasteiger partial charge in [0.1, 0.15) is 0 Å². The topological polar surface area (TPSA) is 75.6 Å². The molecule has 0 bridgehead atoms. The molecule has 1 aliphatic rings. The maximum absolute atomic E-state index is 12.8. The first kappa shape index (κ1) is 17.8. The average Bonchev–Trinajstić information content (AvgIpc) is 2.68. The molecule has 0 radical (unpaired) electrons. The number of amides is 2. The van der Waals surface area contributed by atoms with Crippen LogP contribution in [0, 0.1) is 6.92 Å². The molecule has 0 N–H and O–H groups in total. The number of hydrogen-bond acceptors (Lipinski definition) is 5. The molecule has 2 heterocycles. The second kappa shape index (κ2) is 7.95. The van der Waals surface area contributed by atoms with Crippen LogP contribution in [0.2, 0.25) is 0 Å². The van der Waals surface area contributed by atoms with Crippen molar-refractivity contribution in [1.82, 2.24) is 19.8 Å². The smallest absolute Gasteiger partial charge is 0.409 e. The van der Waals surface area contributed by atoms with E-state index >= 15 is 0 Å². The van der Waals surface area contributed by atoms with E-state index in [1.165, 1.54) is 0 Å². The highest BCUT2D eigenvalue weighted by Gasteiger charge is 2.26. The van der Waals surface area contributed by atoms with Crippen LogP contribution >= 0.6 is 0 Å². The highest BCUT2D eigenvalue weighted by Crippen LogP contribution is 2.17. The first-order valence-electron chi connectivity index (χ1n) is 8.70. The van der Waals surface area contributed by atoms with Crippen LogP contribution in [-0.4, -0.2) is 64.6 Å². The Morgan fingerprint density at radius 3 is 2.35 bits per heavy atom. The van der Waals surface area contributed by atoms with E-state index in [4.69, 9.17) is 4.74 Å². The molecule has 2 amide bonds. The Hall–Kier alpha value is -2.96. The predicted molar refractivity (Wildman–Crippen MR) is 96.7 cm³/mol. The van der Waals surface area contributed by atoms with Gasteiger partial charge in [-0.1, -0.05) is 30.3 Å². The summed E-state index contributed by atoms with van der Waals surface area (Å²) in [6.07, 6.45) is 1.26. The van der Waals surface area contributed by atoms with E-state index in [2.05, 4.69) is 9.97 Å². The summed E-state index contributed by atoms with van der Waals surface area (Å²) >= 11 is 0. The van der Waals surface area contributed by atoms with E-state index < -0.39 is 0 Å². The number of aryl methyl sites for hydroxylation is 1. The van der Waals surface area contributed by atoms with E-state index in [0.717, 1.165) is 5.56 Å². The van der Waals surface area contributed by atoms with Gasteiger partial charge in [-0.15, -0.1) is 0 Å². The summed E-state index contributed by atoms with van der Waals surface area (Å²) in [5.41, 5.74) is 2.06. The third-order valence-electron chi connectivity index (χ3n) is 4.33. The van der Waals surface area contributed by atoms with Gasteiger partial charge in [-0.3, -0.25) is 4.79 Å². The summed E-state index contributed by atoms with van der Waals surface area (Å²) in [5, 5.41) is 0. The van der Waals surface area contributed by atoms with Crippen molar-refractivity contribution in [2.45, 2.75) is 13.8 Å². The van der Waals surface area contributed by atoms with Crippen LogP contribution in [0.4, 0.5) is 4.79 Å². The Balaban J connectivity index is 1.68. The van der Waals surface area contributed by atoms with Crippen LogP contribution in [0.1, 0.15) is 23.0 Å². The third-order valence-corrected chi connectivity index (χ3v) is 4.33. The summed E-state index contributed by atoms with van der Waals surface area (Å²) in [6.45, 7) is 5.81. The molecule has 1 fully saturated rings. The molecule has 136 valence electrons. The Labute approximate surface area is 152 Å². The van der Waals surface area contributed by atoms with Gasteiger partial charge in [0.2, 0.25) is 0 Å². The van der Waals surface area contributed by atoms with Gasteiger partial charge >= 0.3 is 6.09 Å². The highest BCUT2D eigenvalue weighted by molar-refractivity contribution is 5.95. The van der Waals surface area contributed by atoms with Gasteiger partial charge in [0.15, 0.2) is 5.82 Å². The van der Waals surface area contributed by atoms with Gasteiger partial charge in [-0.2, -0.15) is 0 Å². The van der Waals surface area contributed by atoms with Crippen molar-refractivity contribution < 1.29 is 14.3 Å². The number of aromatic nitrogens is 2. The number of piperazine rings is 1. The minimum absolute atomic E-state index is 0.106. The van der Waals surface area contributed by atoms with E-state index in [0.29, 0.717) is 49.9 Å². The van der Waals surface area contributed by atoms with Gasteiger partial charge < -0.3 is 14.5 Å². The van der Waals surface area contributed by atoms with Gasteiger partial charge in [0.05, 0.1) is 17.9 Å². The molecule has 1 aromatic carbocycles. The van der Waals surface area contributed by atoms with Crippen molar-refractivity contribution in [2.24, 2.45) is 0 Å². The molecule has 7 nitrogen and oxygen atoms in total. The van der Waals surface area contributed by atoms with Crippen LogP contribution < -0.4 is 0 Å². The molecule has 26 heavy (non-hydrogen) atoms. The van der Waals surface area contributed by atoms with Crippen LogP contribution in [0.15, 0.2) is 36.5 Å². The quantitative estimate of drug-likeness (QED) is 0.846.